The highest BCUT2D eigenvalue weighted by molar-refractivity contribution is 6.01. The van der Waals surface area contributed by atoms with Gasteiger partial charge in [0, 0.05) is 11.8 Å². The van der Waals surface area contributed by atoms with Crippen LogP contribution in [-0.4, -0.2) is 21.2 Å². The average molecular weight is 330 g/mol. The Hall–Kier alpha value is -3.55. The molecule has 0 atom stereocenters. The van der Waals surface area contributed by atoms with Crippen molar-refractivity contribution in [3.8, 4) is 11.5 Å². The summed E-state index contributed by atoms with van der Waals surface area (Å²) in [6.45, 7) is -0.161. The Kier molecular flexibility index (Phi) is 5.35. The second-order valence-electron chi connectivity index (χ2n) is 4.76. The summed E-state index contributed by atoms with van der Waals surface area (Å²) in [5, 5.41) is 30.4. The summed E-state index contributed by atoms with van der Waals surface area (Å²) in [5.41, 5.74) is 1.66. The van der Waals surface area contributed by atoms with Gasteiger partial charge in [-0.1, -0.05) is 18.2 Å². The van der Waals surface area contributed by atoms with E-state index in [1.807, 2.05) is 0 Å². The van der Waals surface area contributed by atoms with Crippen molar-refractivity contribution >= 4 is 17.7 Å². The Morgan fingerprint density at radius 3 is 2.50 bits per heavy atom. The summed E-state index contributed by atoms with van der Waals surface area (Å²) < 4.78 is 0. The zero-order valence-electron chi connectivity index (χ0n) is 12.4. The molecule has 2 rings (SSSR count). The van der Waals surface area contributed by atoms with Gasteiger partial charge in [-0.15, -0.1) is 10.1 Å². The van der Waals surface area contributed by atoms with Gasteiger partial charge < -0.3 is 20.4 Å². The first-order valence-corrected chi connectivity index (χ1v) is 6.81. The molecular formula is C16H14N2O6. The van der Waals surface area contributed by atoms with Crippen LogP contribution in [-0.2, 0) is 16.2 Å². The third kappa shape index (κ3) is 5.02. The molecular weight excluding hydrogens is 316 g/mol. The Labute approximate surface area is 136 Å². The van der Waals surface area contributed by atoms with E-state index < -0.39 is 11.0 Å². The molecule has 3 N–H and O–H groups in total. The molecule has 0 radical (unpaired) electrons. The highest BCUT2D eigenvalue weighted by Gasteiger charge is 2.02. The van der Waals surface area contributed by atoms with Gasteiger partial charge in [0.15, 0.2) is 11.5 Å². The molecule has 2 aromatic carbocycles. The van der Waals surface area contributed by atoms with E-state index in [4.69, 9.17) is 0 Å². The van der Waals surface area contributed by atoms with Gasteiger partial charge in [-0.2, -0.15) is 0 Å². The smallest absolute Gasteiger partial charge is 0.294 e. The van der Waals surface area contributed by atoms with Crippen LogP contribution in [0.4, 0.5) is 5.69 Å². The topological polar surface area (TPSA) is 122 Å². The van der Waals surface area contributed by atoms with Crippen LogP contribution in [0.2, 0.25) is 0 Å². The molecule has 8 heteroatoms. The van der Waals surface area contributed by atoms with Crippen molar-refractivity contribution in [3.05, 3.63) is 69.8 Å². The summed E-state index contributed by atoms with van der Waals surface area (Å²) in [7, 11) is 0. The second-order valence-corrected chi connectivity index (χ2v) is 4.76. The Balaban J connectivity index is 1.92. The van der Waals surface area contributed by atoms with Crippen LogP contribution in [0.15, 0.2) is 48.5 Å². The van der Waals surface area contributed by atoms with Crippen LogP contribution in [0.1, 0.15) is 11.1 Å². The molecule has 0 unspecified atom stereocenters. The van der Waals surface area contributed by atoms with Crippen LogP contribution in [0.3, 0.4) is 0 Å². The quantitative estimate of drug-likeness (QED) is 0.324. The first-order valence-electron chi connectivity index (χ1n) is 6.81. The van der Waals surface area contributed by atoms with Gasteiger partial charge in [0.25, 0.3) is 5.09 Å². The van der Waals surface area contributed by atoms with E-state index >= 15 is 0 Å². The molecule has 24 heavy (non-hydrogen) atoms. The van der Waals surface area contributed by atoms with Gasteiger partial charge in [-0.05, 0) is 41.5 Å². The maximum absolute atomic E-state index is 11.8. The zero-order valence-corrected chi connectivity index (χ0v) is 12.4. The number of nitrogens with zero attached hydrogens (tertiary/aromatic N) is 1. The molecule has 0 aliphatic rings. The third-order valence-electron chi connectivity index (χ3n) is 2.98. The predicted octanol–water partition coefficient (Wildman–Crippen LogP) is 2.46. The minimum atomic E-state index is -0.873. The number of carbonyl (C=O) groups is 1. The normalized spacial score (nSPS) is 10.5. The molecule has 1 amide bonds. The van der Waals surface area contributed by atoms with Gasteiger partial charge in [0.1, 0.15) is 6.61 Å². The minimum Gasteiger partial charge on any atom is -0.504 e. The number of nitrogens with one attached hydrogen (secondary N) is 1. The monoisotopic (exact) mass is 330 g/mol. The summed E-state index contributed by atoms with van der Waals surface area (Å²) >= 11 is 0. The van der Waals surface area contributed by atoms with E-state index in [1.54, 1.807) is 30.3 Å². The molecule has 0 saturated heterocycles. The fourth-order valence-electron chi connectivity index (χ4n) is 1.81. The molecule has 0 aliphatic carbocycles. The lowest BCUT2D eigenvalue weighted by molar-refractivity contribution is -0.763. The van der Waals surface area contributed by atoms with Crippen molar-refractivity contribution in [3.63, 3.8) is 0 Å². The fraction of sp³-hybridized carbons (Fsp3) is 0.0625. The molecule has 0 spiro atoms. The largest absolute Gasteiger partial charge is 0.504 e. The maximum atomic E-state index is 11.8. The van der Waals surface area contributed by atoms with Gasteiger partial charge in [0.05, 0.1) is 0 Å². The summed E-state index contributed by atoms with van der Waals surface area (Å²) in [4.78, 5) is 26.2. The minimum absolute atomic E-state index is 0.161. The number of amides is 1. The predicted molar refractivity (Wildman–Crippen MR) is 85.7 cm³/mol. The van der Waals surface area contributed by atoms with Gasteiger partial charge in [0.2, 0.25) is 5.91 Å². The van der Waals surface area contributed by atoms with Gasteiger partial charge in [-0.25, -0.2) is 0 Å². The van der Waals surface area contributed by atoms with E-state index in [-0.39, 0.29) is 18.1 Å². The molecule has 0 saturated carbocycles. The third-order valence-corrected chi connectivity index (χ3v) is 2.98. The number of rotatable bonds is 6. The number of carbonyl (C=O) groups excluding carboxylic acids is 1. The summed E-state index contributed by atoms with van der Waals surface area (Å²) in [6, 6.07) is 10.6. The lowest BCUT2D eigenvalue weighted by Gasteiger charge is -2.04. The Morgan fingerprint density at radius 2 is 1.88 bits per heavy atom. The number of phenols is 2. The first kappa shape index (κ1) is 16.8. The lowest BCUT2D eigenvalue weighted by Crippen LogP contribution is -2.07. The van der Waals surface area contributed by atoms with E-state index in [9.17, 15) is 25.1 Å². The Bertz CT molecular complexity index is 771. The lowest BCUT2D eigenvalue weighted by atomic mass is 10.2. The Morgan fingerprint density at radius 1 is 1.17 bits per heavy atom. The molecule has 0 aliphatic heterocycles. The van der Waals surface area contributed by atoms with Crippen molar-refractivity contribution < 1.29 is 24.9 Å². The highest BCUT2D eigenvalue weighted by Crippen LogP contribution is 2.25. The van der Waals surface area contributed by atoms with Crippen molar-refractivity contribution in [2.75, 3.05) is 5.32 Å². The van der Waals surface area contributed by atoms with E-state index in [1.165, 1.54) is 24.3 Å². The molecule has 0 aromatic heterocycles. The van der Waals surface area contributed by atoms with Crippen LogP contribution >= 0.6 is 0 Å². The number of hydrogen-bond donors (Lipinski definition) is 3. The van der Waals surface area contributed by atoms with Crippen molar-refractivity contribution in [1.29, 1.82) is 0 Å². The standard InChI is InChI=1S/C16H14N2O6/c19-14-7-3-11(9-15(14)20)4-8-16(21)17-13-5-1-12(2-6-13)10-24-18(22)23/h1-9,19-20H,10H2,(H,17,21). The van der Waals surface area contributed by atoms with Crippen molar-refractivity contribution in [1.82, 2.24) is 0 Å². The number of hydrogen-bond acceptors (Lipinski definition) is 6. The van der Waals surface area contributed by atoms with Crippen LogP contribution in [0.25, 0.3) is 6.08 Å². The molecule has 8 nitrogen and oxygen atoms in total. The van der Waals surface area contributed by atoms with Crippen LogP contribution < -0.4 is 5.32 Å². The SMILES string of the molecule is O=C(C=Cc1ccc(O)c(O)c1)Nc1ccc(CO[N+](=O)[O-])cc1. The van der Waals surface area contributed by atoms with Crippen LogP contribution in [0.5, 0.6) is 11.5 Å². The van der Waals surface area contributed by atoms with E-state index in [0.29, 0.717) is 16.8 Å². The molecule has 0 bridgehead atoms. The number of benzene rings is 2. The molecule has 2 aromatic rings. The van der Waals surface area contributed by atoms with Crippen molar-refractivity contribution in [2.24, 2.45) is 0 Å². The number of aromatic hydroxyl groups is 2. The fourth-order valence-corrected chi connectivity index (χ4v) is 1.81. The second kappa shape index (κ2) is 7.63. The summed E-state index contributed by atoms with van der Waals surface area (Å²) in [5.74, 6) is -0.903. The number of anilines is 1. The van der Waals surface area contributed by atoms with E-state index in [2.05, 4.69) is 10.2 Å². The zero-order chi connectivity index (χ0) is 17.5. The van der Waals surface area contributed by atoms with Crippen LogP contribution in [0, 0.1) is 10.1 Å². The highest BCUT2D eigenvalue weighted by atomic mass is 16.9. The van der Waals surface area contributed by atoms with E-state index in [0.717, 1.165) is 0 Å². The first-order chi connectivity index (χ1) is 11.4. The van der Waals surface area contributed by atoms with Crippen molar-refractivity contribution in [2.45, 2.75) is 6.61 Å². The molecule has 0 fully saturated rings. The molecule has 0 heterocycles. The maximum Gasteiger partial charge on any atom is 0.294 e. The summed E-state index contributed by atoms with van der Waals surface area (Å²) in [6.07, 6.45) is 2.75. The van der Waals surface area contributed by atoms with Gasteiger partial charge >= 0.3 is 0 Å². The van der Waals surface area contributed by atoms with Gasteiger partial charge in [-0.3, -0.25) is 4.79 Å². The average Bonchev–Trinajstić information content (AvgIpc) is 2.55. The number of phenolic OH excluding ortho intramolecular Hbond substituents is 2. The molecule has 124 valence electrons.